The van der Waals surface area contributed by atoms with Gasteiger partial charge >= 0.3 is 0 Å². The van der Waals surface area contributed by atoms with Crippen molar-refractivity contribution in [1.82, 2.24) is 15.1 Å². The Morgan fingerprint density at radius 2 is 2.10 bits per heavy atom. The van der Waals surface area contributed by atoms with E-state index in [2.05, 4.69) is 21.2 Å². The van der Waals surface area contributed by atoms with Gasteiger partial charge in [-0.3, -0.25) is 4.79 Å². The van der Waals surface area contributed by atoms with E-state index in [-0.39, 0.29) is 5.91 Å². The molecule has 0 atom stereocenters. The summed E-state index contributed by atoms with van der Waals surface area (Å²) in [5.74, 6) is 0.529. The normalized spacial score (nSPS) is 15.5. The maximum Gasteiger partial charge on any atom is 0.223 e. The minimum Gasteiger partial charge on any atom is -0.343 e. The lowest BCUT2D eigenvalue weighted by molar-refractivity contribution is -0.131. The summed E-state index contributed by atoms with van der Waals surface area (Å²) in [5.41, 5.74) is 0. The van der Waals surface area contributed by atoms with Gasteiger partial charge < -0.3 is 9.80 Å². The first-order valence-electron chi connectivity index (χ1n) is 6.74. The quantitative estimate of drug-likeness (QED) is 0.801. The van der Waals surface area contributed by atoms with Gasteiger partial charge in [0.1, 0.15) is 0 Å². The lowest BCUT2D eigenvalue weighted by Gasteiger charge is -2.34. The molecule has 1 fully saturated rings. The number of anilines is 1. The third-order valence-electron chi connectivity index (χ3n) is 3.36. The fraction of sp³-hybridized carbons (Fsp3) is 0.462. The molecule has 1 amide bonds. The molecule has 0 spiro atoms. The Bertz CT molecular complexity index is 593. The number of rotatable bonds is 4. The van der Waals surface area contributed by atoms with Gasteiger partial charge in [-0.15, -0.1) is 33.1 Å². The van der Waals surface area contributed by atoms with Gasteiger partial charge in [-0.25, -0.2) is 0 Å². The molecule has 0 aromatic carbocycles. The Balaban J connectivity index is 1.61. The molecule has 21 heavy (non-hydrogen) atoms. The summed E-state index contributed by atoms with van der Waals surface area (Å²) in [6.45, 7) is 3.05. The third kappa shape index (κ3) is 3.36. The Morgan fingerprint density at radius 1 is 1.29 bits per heavy atom. The smallest absolute Gasteiger partial charge is 0.223 e. The van der Waals surface area contributed by atoms with Gasteiger partial charge in [0.2, 0.25) is 11.0 Å². The number of nitrogens with zero attached hydrogens (tertiary/aromatic N) is 4. The van der Waals surface area contributed by atoms with Crippen LogP contribution in [0.3, 0.4) is 0 Å². The molecule has 0 bridgehead atoms. The topological polar surface area (TPSA) is 49.3 Å². The number of hydrogen-bond acceptors (Lipinski definition) is 6. The molecule has 5 nitrogen and oxygen atoms in total. The molecule has 1 saturated heterocycles. The van der Waals surface area contributed by atoms with E-state index >= 15 is 0 Å². The van der Waals surface area contributed by atoms with Gasteiger partial charge in [0.25, 0.3) is 0 Å². The first-order chi connectivity index (χ1) is 10.3. The van der Waals surface area contributed by atoms with Crippen LogP contribution in [0, 0.1) is 0 Å². The van der Waals surface area contributed by atoms with Crippen LogP contribution in [0.15, 0.2) is 17.5 Å². The van der Waals surface area contributed by atoms with Crippen molar-refractivity contribution in [3.05, 3.63) is 17.5 Å². The van der Waals surface area contributed by atoms with Crippen LogP contribution in [0.5, 0.6) is 0 Å². The molecule has 1 aliphatic rings. The van der Waals surface area contributed by atoms with Gasteiger partial charge in [-0.1, -0.05) is 17.4 Å². The summed E-state index contributed by atoms with van der Waals surface area (Å²) >= 11 is 8.89. The minimum atomic E-state index is 0.140. The number of halogens is 1. The zero-order chi connectivity index (χ0) is 14.7. The molecule has 0 radical (unpaired) electrons. The molecule has 2 aromatic heterocycles. The Kier molecular flexibility index (Phi) is 4.72. The minimum absolute atomic E-state index is 0.140. The van der Waals surface area contributed by atoms with Gasteiger partial charge in [-0.05, 0) is 11.4 Å². The number of carbonyl (C=O) groups excluding carboxylic acids is 1. The highest BCUT2D eigenvalue weighted by molar-refractivity contribution is 7.22. The van der Waals surface area contributed by atoms with Crippen molar-refractivity contribution >= 4 is 45.3 Å². The van der Waals surface area contributed by atoms with E-state index in [9.17, 15) is 4.79 Å². The number of carbonyl (C=O) groups is 1. The van der Waals surface area contributed by atoms with E-state index in [4.69, 9.17) is 11.6 Å². The monoisotopic (exact) mass is 342 g/mol. The number of alkyl halides is 1. The largest absolute Gasteiger partial charge is 0.343 e. The predicted octanol–water partition coefficient (Wildman–Crippen LogP) is 2.54. The molecule has 112 valence electrons. The van der Waals surface area contributed by atoms with Gasteiger partial charge in [0.05, 0.1) is 4.88 Å². The van der Waals surface area contributed by atoms with E-state index in [1.165, 1.54) is 0 Å². The van der Waals surface area contributed by atoms with Crippen LogP contribution >= 0.6 is 34.3 Å². The number of hydrogen-bond donors (Lipinski definition) is 0. The van der Waals surface area contributed by atoms with E-state index in [0.29, 0.717) is 12.3 Å². The van der Waals surface area contributed by atoms with E-state index < -0.39 is 0 Å². The van der Waals surface area contributed by atoms with Crippen LogP contribution in [0.25, 0.3) is 9.88 Å². The van der Waals surface area contributed by atoms with Gasteiger partial charge in [0.15, 0.2) is 5.01 Å². The lowest BCUT2D eigenvalue weighted by atomic mass is 10.3. The van der Waals surface area contributed by atoms with Crippen LogP contribution in [0.1, 0.15) is 6.42 Å². The van der Waals surface area contributed by atoms with Crippen molar-refractivity contribution < 1.29 is 4.79 Å². The molecule has 2 aromatic rings. The van der Waals surface area contributed by atoms with Crippen molar-refractivity contribution in [3.63, 3.8) is 0 Å². The molecule has 8 heteroatoms. The summed E-state index contributed by atoms with van der Waals surface area (Å²) in [7, 11) is 0. The molecule has 3 rings (SSSR count). The summed E-state index contributed by atoms with van der Waals surface area (Å²) in [5, 5.41) is 12.5. The number of aromatic nitrogens is 2. The fourth-order valence-electron chi connectivity index (χ4n) is 2.23. The van der Waals surface area contributed by atoms with Crippen molar-refractivity contribution in [2.45, 2.75) is 6.42 Å². The van der Waals surface area contributed by atoms with Crippen molar-refractivity contribution in [2.75, 3.05) is 37.0 Å². The highest BCUT2D eigenvalue weighted by Gasteiger charge is 2.23. The van der Waals surface area contributed by atoms with Gasteiger partial charge in [0, 0.05) is 38.5 Å². The highest BCUT2D eigenvalue weighted by Crippen LogP contribution is 2.31. The maximum absolute atomic E-state index is 11.8. The van der Waals surface area contributed by atoms with Gasteiger partial charge in [-0.2, -0.15) is 0 Å². The summed E-state index contributed by atoms with van der Waals surface area (Å²) in [6, 6.07) is 4.07. The summed E-state index contributed by atoms with van der Waals surface area (Å²) < 4.78 is 0. The lowest BCUT2D eigenvalue weighted by Crippen LogP contribution is -2.48. The van der Waals surface area contributed by atoms with E-state index in [1.54, 1.807) is 22.7 Å². The molecule has 0 aliphatic carbocycles. The molecule has 0 saturated carbocycles. The SMILES string of the molecule is O=C(CCCl)N1CCN(c2nnc(-c3cccs3)s2)CC1. The molecule has 0 unspecified atom stereocenters. The molecule has 1 aliphatic heterocycles. The zero-order valence-electron chi connectivity index (χ0n) is 11.4. The highest BCUT2D eigenvalue weighted by atomic mass is 35.5. The first kappa shape index (κ1) is 14.7. The fourth-order valence-corrected chi connectivity index (χ4v) is 4.08. The number of amides is 1. The van der Waals surface area contributed by atoms with Crippen LogP contribution in [0.2, 0.25) is 0 Å². The van der Waals surface area contributed by atoms with Crippen molar-refractivity contribution in [2.24, 2.45) is 0 Å². The van der Waals surface area contributed by atoms with E-state index in [1.807, 2.05) is 16.3 Å². The second-order valence-corrected chi connectivity index (χ2v) is 6.96. The summed E-state index contributed by atoms with van der Waals surface area (Å²) in [4.78, 5) is 17.0. The third-order valence-corrected chi connectivity index (χ3v) is 5.57. The Hall–Kier alpha value is -1.18. The molecule has 3 heterocycles. The Morgan fingerprint density at radius 3 is 2.76 bits per heavy atom. The maximum atomic E-state index is 11.8. The van der Waals surface area contributed by atoms with E-state index in [0.717, 1.165) is 41.2 Å². The second kappa shape index (κ2) is 6.72. The van der Waals surface area contributed by atoms with Crippen LogP contribution < -0.4 is 4.90 Å². The first-order valence-corrected chi connectivity index (χ1v) is 8.97. The molecular weight excluding hydrogens is 328 g/mol. The number of thiophene rings is 1. The molecule has 0 N–H and O–H groups in total. The van der Waals surface area contributed by atoms with Crippen LogP contribution in [-0.4, -0.2) is 53.1 Å². The average molecular weight is 343 g/mol. The standard InChI is InChI=1S/C13H15ClN4OS2/c14-4-3-11(19)17-5-7-18(8-6-17)13-16-15-12(21-13)10-2-1-9-20-10/h1-2,9H,3-8H2. The van der Waals surface area contributed by atoms with Crippen LogP contribution in [0.4, 0.5) is 5.13 Å². The summed E-state index contributed by atoms with van der Waals surface area (Å²) in [6.07, 6.45) is 0.420. The average Bonchev–Trinajstić information content (AvgIpc) is 3.19. The Labute approximate surface area is 136 Å². The van der Waals surface area contributed by atoms with Crippen molar-refractivity contribution in [3.8, 4) is 9.88 Å². The number of piperazine rings is 1. The van der Waals surface area contributed by atoms with Crippen molar-refractivity contribution in [1.29, 1.82) is 0 Å². The molecular formula is C13H15ClN4OS2. The zero-order valence-corrected chi connectivity index (χ0v) is 13.8. The van der Waals surface area contributed by atoms with Crippen LogP contribution in [-0.2, 0) is 4.79 Å². The predicted molar refractivity (Wildman–Crippen MR) is 87.4 cm³/mol. The second-order valence-electron chi connectivity index (χ2n) is 4.67.